The second kappa shape index (κ2) is 11.1. The summed E-state index contributed by atoms with van der Waals surface area (Å²) in [6.45, 7) is 3.13. The van der Waals surface area contributed by atoms with Crippen LogP contribution in [0.4, 0.5) is 14.9 Å². The Morgan fingerprint density at radius 1 is 1.32 bits per heavy atom. The zero-order valence-electron chi connectivity index (χ0n) is 22.5. The van der Waals surface area contributed by atoms with Crippen molar-refractivity contribution in [2.24, 2.45) is 0 Å². The van der Waals surface area contributed by atoms with Crippen molar-refractivity contribution in [2.75, 3.05) is 38.0 Å². The smallest absolute Gasteiger partial charge is 0.407 e. The lowest BCUT2D eigenvalue weighted by Gasteiger charge is -2.37. The van der Waals surface area contributed by atoms with Crippen LogP contribution in [-0.2, 0) is 14.9 Å². The van der Waals surface area contributed by atoms with Crippen molar-refractivity contribution < 1.29 is 32.2 Å². The van der Waals surface area contributed by atoms with Crippen molar-refractivity contribution in [3.63, 3.8) is 0 Å². The van der Waals surface area contributed by atoms with Gasteiger partial charge in [-0.1, -0.05) is 6.92 Å². The van der Waals surface area contributed by atoms with Gasteiger partial charge in [-0.2, -0.15) is 18.0 Å². The molecule has 0 radical (unpaired) electrons. The minimum absolute atomic E-state index is 0.0264. The van der Waals surface area contributed by atoms with Crippen molar-refractivity contribution in [2.45, 2.75) is 37.7 Å². The number of ether oxygens (including phenoxy) is 2. The quantitative estimate of drug-likeness (QED) is 0.418. The van der Waals surface area contributed by atoms with E-state index < -0.39 is 27.9 Å². The maximum atomic E-state index is 14.8. The molecule has 1 unspecified atom stereocenters. The van der Waals surface area contributed by atoms with Gasteiger partial charge in [0.05, 0.1) is 34.6 Å². The fourth-order valence-corrected chi connectivity index (χ4v) is 6.06. The SMILES string of the molecule is CCN(C)S(=O)(=O)Nc1ccc(F)c(Oc2ccc3ncc(C4COC5(CCN(C(=O)O)CC5)C4)nc3c2)c1C#N. The Kier molecular flexibility index (Phi) is 7.69. The number of nitriles is 1. The summed E-state index contributed by atoms with van der Waals surface area (Å²) in [6, 6.07) is 8.82. The first-order valence-electron chi connectivity index (χ1n) is 13.1. The van der Waals surface area contributed by atoms with Gasteiger partial charge in [0.1, 0.15) is 17.4 Å². The number of anilines is 1. The van der Waals surface area contributed by atoms with Gasteiger partial charge in [0.2, 0.25) is 0 Å². The number of rotatable bonds is 7. The summed E-state index contributed by atoms with van der Waals surface area (Å²) in [5.41, 5.74) is 0.975. The molecule has 1 atom stereocenters. The van der Waals surface area contributed by atoms with E-state index in [1.165, 1.54) is 18.0 Å². The van der Waals surface area contributed by atoms with Crippen molar-refractivity contribution >= 4 is 33.0 Å². The minimum Gasteiger partial charge on any atom is -0.465 e. The number of piperidine rings is 1. The Labute approximate surface area is 236 Å². The van der Waals surface area contributed by atoms with Gasteiger partial charge in [0, 0.05) is 44.9 Å². The highest BCUT2D eigenvalue weighted by molar-refractivity contribution is 7.90. The van der Waals surface area contributed by atoms with Crippen LogP contribution in [0.5, 0.6) is 11.5 Å². The molecule has 5 rings (SSSR count). The molecule has 2 fully saturated rings. The molecule has 41 heavy (non-hydrogen) atoms. The van der Waals surface area contributed by atoms with Gasteiger partial charge in [0.25, 0.3) is 0 Å². The maximum absolute atomic E-state index is 14.8. The predicted octanol–water partition coefficient (Wildman–Crippen LogP) is 4.06. The van der Waals surface area contributed by atoms with Gasteiger partial charge in [-0.05, 0) is 43.5 Å². The second-order valence-corrected chi connectivity index (χ2v) is 11.9. The third-order valence-corrected chi connectivity index (χ3v) is 9.20. The highest BCUT2D eigenvalue weighted by Gasteiger charge is 2.44. The topological polar surface area (TPSA) is 158 Å². The van der Waals surface area contributed by atoms with E-state index in [4.69, 9.17) is 14.5 Å². The third kappa shape index (κ3) is 5.74. The summed E-state index contributed by atoms with van der Waals surface area (Å²) in [6.07, 6.45) is 2.70. The first-order chi connectivity index (χ1) is 19.5. The number of nitrogens with zero attached hydrogens (tertiary/aromatic N) is 5. The molecular weight excluding hydrogens is 555 g/mol. The lowest BCUT2D eigenvalue weighted by Crippen LogP contribution is -2.45. The van der Waals surface area contributed by atoms with E-state index in [0.717, 1.165) is 10.4 Å². The van der Waals surface area contributed by atoms with Crippen LogP contribution in [0.15, 0.2) is 36.5 Å². The van der Waals surface area contributed by atoms with Crippen LogP contribution in [0, 0.1) is 17.1 Å². The average molecular weight is 585 g/mol. The first-order valence-corrected chi connectivity index (χ1v) is 14.5. The van der Waals surface area contributed by atoms with Crippen LogP contribution in [0.3, 0.4) is 0 Å². The monoisotopic (exact) mass is 584 g/mol. The molecule has 2 saturated heterocycles. The number of aromatic nitrogens is 2. The number of hydrogen-bond donors (Lipinski definition) is 2. The molecule has 0 saturated carbocycles. The summed E-state index contributed by atoms with van der Waals surface area (Å²) in [4.78, 5) is 21.9. The normalized spacial score (nSPS) is 18.5. The molecule has 14 heteroatoms. The van der Waals surface area contributed by atoms with Crippen LogP contribution < -0.4 is 9.46 Å². The number of hydrogen-bond acceptors (Lipinski definition) is 8. The van der Waals surface area contributed by atoms with Gasteiger partial charge < -0.3 is 19.5 Å². The largest absolute Gasteiger partial charge is 0.465 e. The minimum atomic E-state index is -3.96. The first kappa shape index (κ1) is 28.5. The van der Waals surface area contributed by atoms with E-state index >= 15 is 0 Å². The predicted molar refractivity (Wildman–Crippen MR) is 146 cm³/mol. The average Bonchev–Trinajstić information content (AvgIpc) is 3.37. The highest BCUT2D eigenvalue weighted by Crippen LogP contribution is 2.42. The molecule has 2 aromatic carbocycles. The molecule has 3 aromatic rings. The van der Waals surface area contributed by atoms with Crippen molar-refractivity contribution in [1.29, 1.82) is 5.26 Å². The number of benzene rings is 2. The molecule has 1 spiro atoms. The van der Waals surface area contributed by atoms with Gasteiger partial charge in [-0.3, -0.25) is 9.71 Å². The van der Waals surface area contributed by atoms with E-state index in [2.05, 4.69) is 9.71 Å². The fourth-order valence-electron chi connectivity index (χ4n) is 5.11. The molecule has 0 aliphatic carbocycles. The molecule has 2 aliphatic rings. The highest BCUT2D eigenvalue weighted by atomic mass is 32.2. The number of amides is 1. The van der Waals surface area contributed by atoms with E-state index in [9.17, 15) is 28.0 Å². The lowest BCUT2D eigenvalue weighted by atomic mass is 9.84. The molecular formula is C27H29FN6O6S. The number of halogens is 1. The molecule has 3 heterocycles. The summed E-state index contributed by atoms with van der Waals surface area (Å²) in [7, 11) is -2.59. The summed E-state index contributed by atoms with van der Waals surface area (Å²) >= 11 is 0. The number of fused-ring (bicyclic) bond motifs is 1. The van der Waals surface area contributed by atoms with Crippen LogP contribution >= 0.6 is 0 Å². The van der Waals surface area contributed by atoms with E-state index in [0.29, 0.717) is 55.7 Å². The molecule has 1 amide bonds. The molecule has 216 valence electrons. The summed E-state index contributed by atoms with van der Waals surface area (Å²) in [5, 5.41) is 19.0. The zero-order chi connectivity index (χ0) is 29.4. The molecule has 2 aliphatic heterocycles. The Bertz CT molecular complexity index is 1640. The lowest BCUT2D eigenvalue weighted by molar-refractivity contribution is -0.0394. The standard InChI is InChI=1S/C27H29FN6O6S/c1-3-33(2)41(37,38)32-21-7-5-20(28)25(19(21)14-29)40-18-4-6-22-23(12-18)31-24(15-30-22)17-13-27(39-16-17)8-10-34(11-9-27)26(35)36/h4-7,12,15,17,32H,3,8-11,13,16H2,1-2H3,(H,35,36). The fraction of sp³-hybridized carbons (Fsp3) is 0.407. The maximum Gasteiger partial charge on any atom is 0.407 e. The number of nitrogens with one attached hydrogen (secondary N) is 1. The summed E-state index contributed by atoms with van der Waals surface area (Å²) in [5.74, 6) is -1.10. The van der Waals surface area contributed by atoms with Crippen molar-refractivity contribution in [3.05, 3.63) is 53.6 Å². The van der Waals surface area contributed by atoms with Gasteiger partial charge in [-0.25, -0.2) is 14.2 Å². The van der Waals surface area contributed by atoms with Crippen LogP contribution in [0.25, 0.3) is 11.0 Å². The van der Waals surface area contributed by atoms with E-state index in [1.54, 1.807) is 31.3 Å². The van der Waals surface area contributed by atoms with E-state index in [-0.39, 0.29) is 35.1 Å². The van der Waals surface area contributed by atoms with Crippen LogP contribution in [-0.4, -0.2) is 77.7 Å². The molecule has 0 bridgehead atoms. The van der Waals surface area contributed by atoms with Gasteiger partial charge >= 0.3 is 16.3 Å². The zero-order valence-corrected chi connectivity index (χ0v) is 23.3. The van der Waals surface area contributed by atoms with Crippen LogP contribution in [0.1, 0.15) is 43.4 Å². The second-order valence-electron chi connectivity index (χ2n) is 10.1. The molecule has 1 aromatic heterocycles. The van der Waals surface area contributed by atoms with Crippen molar-refractivity contribution in [3.8, 4) is 17.6 Å². The van der Waals surface area contributed by atoms with Crippen LogP contribution in [0.2, 0.25) is 0 Å². The van der Waals surface area contributed by atoms with Crippen molar-refractivity contribution in [1.82, 2.24) is 19.2 Å². The van der Waals surface area contributed by atoms with Gasteiger partial charge in [0.15, 0.2) is 11.6 Å². The third-order valence-electron chi connectivity index (χ3n) is 7.64. The Morgan fingerprint density at radius 2 is 2.07 bits per heavy atom. The Balaban J connectivity index is 1.38. The molecule has 2 N–H and O–H groups in total. The number of likely N-dealkylation sites (tertiary alicyclic amines) is 1. The molecule has 12 nitrogen and oxygen atoms in total. The van der Waals surface area contributed by atoms with Gasteiger partial charge in [-0.15, -0.1) is 0 Å². The van der Waals surface area contributed by atoms with E-state index in [1.807, 2.05) is 6.07 Å². The summed E-state index contributed by atoms with van der Waals surface area (Å²) < 4.78 is 55.1. The number of carboxylic acid groups (broad SMARTS) is 1. The Hall–Kier alpha value is -4.06. The number of carbonyl (C=O) groups is 1. The Morgan fingerprint density at radius 3 is 2.76 bits per heavy atom.